The maximum atomic E-state index is 13.4. The summed E-state index contributed by atoms with van der Waals surface area (Å²) in [5.74, 6) is 0.932. The first-order valence-electron chi connectivity index (χ1n) is 12.6. The molecular formula is C28H29N5O5. The molecule has 1 aliphatic heterocycles. The summed E-state index contributed by atoms with van der Waals surface area (Å²) < 4.78 is 11.0. The molecule has 5 rings (SSSR count). The lowest BCUT2D eigenvalue weighted by Gasteiger charge is -2.24. The van der Waals surface area contributed by atoms with Crippen LogP contribution in [0.3, 0.4) is 0 Å². The molecule has 0 radical (unpaired) electrons. The molecule has 0 spiro atoms. The summed E-state index contributed by atoms with van der Waals surface area (Å²) in [6.45, 7) is 1.43. The van der Waals surface area contributed by atoms with Gasteiger partial charge in [0.25, 0.3) is 17.7 Å². The fraction of sp³-hybridized carbons (Fsp3) is 0.286. The van der Waals surface area contributed by atoms with Gasteiger partial charge in [-0.2, -0.15) is 0 Å². The molecule has 3 amide bonds. The van der Waals surface area contributed by atoms with E-state index in [-0.39, 0.29) is 30.4 Å². The van der Waals surface area contributed by atoms with Gasteiger partial charge in [0.1, 0.15) is 17.3 Å². The Labute approximate surface area is 220 Å². The van der Waals surface area contributed by atoms with E-state index in [9.17, 15) is 14.4 Å². The van der Waals surface area contributed by atoms with Crippen molar-refractivity contribution in [1.82, 2.24) is 9.88 Å². The molecule has 2 aliphatic rings. The molecule has 1 aliphatic carbocycles. The van der Waals surface area contributed by atoms with E-state index < -0.39 is 0 Å². The van der Waals surface area contributed by atoms with E-state index in [1.807, 2.05) is 17.0 Å². The van der Waals surface area contributed by atoms with Gasteiger partial charge in [-0.25, -0.2) is 4.98 Å². The molecule has 3 aromatic rings. The molecule has 10 nitrogen and oxygen atoms in total. The second-order valence-electron chi connectivity index (χ2n) is 9.23. The first-order chi connectivity index (χ1) is 18.5. The predicted octanol–water partition coefficient (Wildman–Crippen LogP) is 3.20. The van der Waals surface area contributed by atoms with Crippen LogP contribution in [-0.4, -0.2) is 53.4 Å². The molecule has 10 heteroatoms. The predicted molar refractivity (Wildman–Crippen MR) is 141 cm³/mol. The average Bonchev–Trinajstić information content (AvgIpc) is 3.78. The highest BCUT2D eigenvalue weighted by molar-refractivity contribution is 6.03. The molecule has 196 valence electrons. The Morgan fingerprint density at radius 1 is 1.11 bits per heavy atom. The van der Waals surface area contributed by atoms with Gasteiger partial charge in [-0.3, -0.25) is 14.4 Å². The summed E-state index contributed by atoms with van der Waals surface area (Å²) >= 11 is 0. The van der Waals surface area contributed by atoms with Gasteiger partial charge in [0, 0.05) is 23.7 Å². The van der Waals surface area contributed by atoms with E-state index in [0.29, 0.717) is 53.8 Å². The van der Waals surface area contributed by atoms with Crippen LogP contribution in [0.4, 0.5) is 11.5 Å². The normalized spacial score (nSPS) is 14.1. The number of carbonyl (C=O) groups is 3. The Bertz CT molecular complexity index is 1320. The molecule has 0 saturated heterocycles. The third-order valence-corrected chi connectivity index (χ3v) is 6.27. The lowest BCUT2D eigenvalue weighted by Crippen LogP contribution is -2.33. The zero-order valence-corrected chi connectivity index (χ0v) is 20.8. The Kier molecular flexibility index (Phi) is 7.50. The molecule has 0 unspecified atom stereocenters. The van der Waals surface area contributed by atoms with Crippen molar-refractivity contribution in [1.29, 1.82) is 0 Å². The summed E-state index contributed by atoms with van der Waals surface area (Å²) in [6.07, 6.45) is 4.22. The van der Waals surface area contributed by atoms with E-state index in [1.54, 1.807) is 48.7 Å². The first kappa shape index (κ1) is 25.2. The molecule has 2 heterocycles. The van der Waals surface area contributed by atoms with Crippen molar-refractivity contribution in [2.45, 2.75) is 31.8 Å². The van der Waals surface area contributed by atoms with Gasteiger partial charge in [-0.15, -0.1) is 0 Å². The van der Waals surface area contributed by atoms with Gasteiger partial charge in [-0.05, 0) is 73.8 Å². The average molecular weight is 516 g/mol. The number of amides is 3. The lowest BCUT2D eigenvalue weighted by molar-refractivity contribution is -0.118. The number of nitrogens with two attached hydrogens (primary N) is 1. The van der Waals surface area contributed by atoms with E-state index in [4.69, 9.17) is 15.2 Å². The number of anilines is 2. The lowest BCUT2D eigenvalue weighted by atomic mass is 10.1. The van der Waals surface area contributed by atoms with Crippen molar-refractivity contribution < 1.29 is 23.9 Å². The van der Waals surface area contributed by atoms with Crippen LogP contribution in [0.1, 0.15) is 45.5 Å². The van der Waals surface area contributed by atoms with Crippen molar-refractivity contribution in [2.24, 2.45) is 5.73 Å². The molecule has 38 heavy (non-hydrogen) atoms. The Hall–Kier alpha value is -4.44. The minimum Gasteiger partial charge on any atom is -0.492 e. The SMILES string of the molecule is NCCCOc1ccc(NC(=O)c2ccc(CN(C(=O)c3ccc4c(c3)OCC(=O)N4)C3CC3)cc2)nc1. The number of ether oxygens (including phenoxy) is 2. The number of hydrogen-bond donors (Lipinski definition) is 3. The van der Waals surface area contributed by atoms with Gasteiger partial charge in [0.2, 0.25) is 0 Å². The van der Waals surface area contributed by atoms with Crippen LogP contribution in [0, 0.1) is 0 Å². The number of pyridine rings is 1. The number of nitrogens with zero attached hydrogens (tertiary/aromatic N) is 2. The smallest absolute Gasteiger partial charge is 0.262 e. The van der Waals surface area contributed by atoms with Crippen LogP contribution in [0.25, 0.3) is 0 Å². The second-order valence-corrected chi connectivity index (χ2v) is 9.23. The topological polar surface area (TPSA) is 136 Å². The fourth-order valence-electron chi connectivity index (χ4n) is 4.09. The minimum atomic E-state index is -0.280. The van der Waals surface area contributed by atoms with E-state index in [2.05, 4.69) is 15.6 Å². The van der Waals surface area contributed by atoms with Gasteiger partial charge in [0.05, 0.1) is 18.5 Å². The zero-order chi connectivity index (χ0) is 26.5. The van der Waals surface area contributed by atoms with Crippen LogP contribution >= 0.6 is 0 Å². The monoisotopic (exact) mass is 515 g/mol. The van der Waals surface area contributed by atoms with Crippen molar-refractivity contribution in [2.75, 3.05) is 30.4 Å². The molecule has 1 aromatic heterocycles. The number of aromatic nitrogens is 1. The zero-order valence-electron chi connectivity index (χ0n) is 20.8. The van der Waals surface area contributed by atoms with Gasteiger partial charge >= 0.3 is 0 Å². The number of nitrogens with one attached hydrogen (secondary N) is 2. The van der Waals surface area contributed by atoms with E-state index in [1.165, 1.54) is 0 Å². The van der Waals surface area contributed by atoms with Crippen molar-refractivity contribution >= 4 is 29.2 Å². The summed E-state index contributed by atoms with van der Waals surface area (Å²) in [6, 6.07) is 15.8. The summed E-state index contributed by atoms with van der Waals surface area (Å²) in [7, 11) is 0. The largest absolute Gasteiger partial charge is 0.492 e. The molecule has 0 atom stereocenters. The quantitative estimate of drug-likeness (QED) is 0.353. The van der Waals surface area contributed by atoms with Gasteiger partial charge in [-0.1, -0.05) is 12.1 Å². The van der Waals surface area contributed by atoms with Crippen LogP contribution in [-0.2, 0) is 11.3 Å². The molecule has 4 N–H and O–H groups in total. The number of carbonyl (C=O) groups excluding carboxylic acids is 3. The highest BCUT2D eigenvalue weighted by atomic mass is 16.5. The fourth-order valence-corrected chi connectivity index (χ4v) is 4.09. The Morgan fingerprint density at radius 3 is 2.61 bits per heavy atom. The highest BCUT2D eigenvalue weighted by Crippen LogP contribution is 2.33. The van der Waals surface area contributed by atoms with Crippen LogP contribution in [0.2, 0.25) is 0 Å². The maximum absolute atomic E-state index is 13.4. The van der Waals surface area contributed by atoms with Crippen LogP contribution in [0.5, 0.6) is 11.5 Å². The molecule has 1 saturated carbocycles. The number of benzene rings is 2. The summed E-state index contributed by atoms with van der Waals surface area (Å²) in [5.41, 5.74) is 7.93. The third-order valence-electron chi connectivity index (χ3n) is 6.27. The number of hydrogen-bond acceptors (Lipinski definition) is 7. The highest BCUT2D eigenvalue weighted by Gasteiger charge is 2.33. The maximum Gasteiger partial charge on any atom is 0.262 e. The number of fused-ring (bicyclic) bond motifs is 1. The van der Waals surface area contributed by atoms with E-state index in [0.717, 1.165) is 24.8 Å². The number of rotatable bonds is 10. The van der Waals surface area contributed by atoms with Gasteiger partial charge in [0.15, 0.2) is 6.61 Å². The second kappa shape index (κ2) is 11.3. The van der Waals surface area contributed by atoms with E-state index >= 15 is 0 Å². The third kappa shape index (κ3) is 6.09. The van der Waals surface area contributed by atoms with Crippen molar-refractivity contribution in [3.63, 3.8) is 0 Å². The molecular weight excluding hydrogens is 486 g/mol. The standard InChI is InChI=1S/C28H29N5O5/c29-12-1-13-37-22-9-11-25(30-15-22)32-27(35)19-4-2-18(3-5-19)16-33(21-7-8-21)28(36)20-6-10-23-24(14-20)38-17-26(34)31-23/h2-6,9-11,14-15,21H,1,7-8,12-13,16-17,29H2,(H,31,34)(H,30,32,35). The molecule has 2 aromatic carbocycles. The van der Waals surface area contributed by atoms with Crippen LogP contribution < -0.4 is 25.8 Å². The molecule has 1 fully saturated rings. The van der Waals surface area contributed by atoms with Crippen LogP contribution in [0.15, 0.2) is 60.8 Å². The van der Waals surface area contributed by atoms with Crippen molar-refractivity contribution in [3.8, 4) is 11.5 Å². The van der Waals surface area contributed by atoms with Crippen molar-refractivity contribution in [3.05, 3.63) is 77.5 Å². The Morgan fingerprint density at radius 2 is 1.89 bits per heavy atom. The summed E-state index contributed by atoms with van der Waals surface area (Å²) in [4.78, 5) is 43.6. The Balaban J connectivity index is 1.20. The first-order valence-corrected chi connectivity index (χ1v) is 12.6. The van der Waals surface area contributed by atoms with Gasteiger partial charge < -0.3 is 30.7 Å². The summed E-state index contributed by atoms with van der Waals surface area (Å²) in [5, 5.41) is 5.52. The molecule has 0 bridgehead atoms. The minimum absolute atomic E-state index is 0.0675.